The Bertz CT molecular complexity index is 415. The fourth-order valence-electron chi connectivity index (χ4n) is 1.59. The van der Waals surface area contributed by atoms with Crippen LogP contribution in [-0.4, -0.2) is 19.5 Å². The summed E-state index contributed by atoms with van der Waals surface area (Å²) in [7, 11) is 1.58. The maximum Gasteiger partial charge on any atom is 0.162 e. The quantitative estimate of drug-likeness (QED) is 0.769. The molecule has 1 rings (SSSR count). The molecule has 0 N–H and O–H groups in total. The molecule has 1 aromatic carbocycles. The van der Waals surface area contributed by atoms with E-state index >= 15 is 0 Å². The van der Waals surface area contributed by atoms with Gasteiger partial charge in [-0.15, -0.1) is 0 Å². The molecule has 0 heterocycles. The minimum Gasteiger partial charge on any atom is -0.493 e. The van der Waals surface area contributed by atoms with Gasteiger partial charge in [0, 0.05) is 6.07 Å². The molecule has 0 radical (unpaired) electrons. The van der Waals surface area contributed by atoms with Crippen LogP contribution in [-0.2, 0) is 0 Å². The van der Waals surface area contributed by atoms with E-state index in [0.29, 0.717) is 29.6 Å². The molecule has 1 aromatic rings. The number of benzene rings is 1. The Morgan fingerprint density at radius 3 is 2.72 bits per heavy atom. The molecule has 0 bridgehead atoms. The predicted molar refractivity (Wildman–Crippen MR) is 75.5 cm³/mol. The van der Waals surface area contributed by atoms with Crippen molar-refractivity contribution in [2.75, 3.05) is 19.5 Å². The van der Waals surface area contributed by atoms with Crippen LogP contribution in [0.2, 0.25) is 0 Å². The molecule has 0 saturated carbocycles. The van der Waals surface area contributed by atoms with Crippen molar-refractivity contribution in [1.82, 2.24) is 0 Å². The molecule has 3 nitrogen and oxygen atoms in total. The van der Waals surface area contributed by atoms with Gasteiger partial charge >= 0.3 is 0 Å². The third-order valence-corrected chi connectivity index (χ3v) is 3.04. The molecule has 0 aromatic heterocycles. The zero-order chi connectivity index (χ0) is 13.4. The van der Waals surface area contributed by atoms with Crippen molar-refractivity contribution in [3.63, 3.8) is 0 Å². The number of nitriles is 1. The second kappa shape index (κ2) is 7.88. The van der Waals surface area contributed by atoms with Crippen LogP contribution >= 0.6 is 12.6 Å². The highest BCUT2D eigenvalue weighted by Crippen LogP contribution is 2.28. The lowest BCUT2D eigenvalue weighted by atomic mass is 10.1. The van der Waals surface area contributed by atoms with Crippen molar-refractivity contribution in [3.05, 3.63) is 23.8 Å². The average Bonchev–Trinajstić information content (AvgIpc) is 2.39. The van der Waals surface area contributed by atoms with E-state index in [-0.39, 0.29) is 0 Å². The lowest BCUT2D eigenvalue weighted by Crippen LogP contribution is -2.05. The van der Waals surface area contributed by atoms with Gasteiger partial charge in [0.05, 0.1) is 25.3 Å². The van der Waals surface area contributed by atoms with Crippen LogP contribution in [0.4, 0.5) is 0 Å². The first-order valence-electron chi connectivity index (χ1n) is 6.03. The summed E-state index contributed by atoms with van der Waals surface area (Å²) >= 11 is 4.21. The topological polar surface area (TPSA) is 42.2 Å². The first kappa shape index (κ1) is 14.7. The fraction of sp³-hybridized carbons (Fsp3) is 0.500. The van der Waals surface area contributed by atoms with Gasteiger partial charge < -0.3 is 9.47 Å². The maximum absolute atomic E-state index is 8.80. The van der Waals surface area contributed by atoms with E-state index in [4.69, 9.17) is 14.7 Å². The van der Waals surface area contributed by atoms with Crippen LogP contribution in [0.1, 0.15) is 25.3 Å². The van der Waals surface area contributed by atoms with E-state index in [9.17, 15) is 0 Å². The Morgan fingerprint density at radius 2 is 2.11 bits per heavy atom. The molecule has 0 aliphatic rings. The van der Waals surface area contributed by atoms with Gasteiger partial charge in [0.2, 0.25) is 0 Å². The zero-order valence-corrected chi connectivity index (χ0v) is 11.7. The summed E-state index contributed by atoms with van der Waals surface area (Å²) in [6.07, 6.45) is 2.08. The van der Waals surface area contributed by atoms with Crippen molar-refractivity contribution in [3.8, 4) is 17.6 Å². The third kappa shape index (κ3) is 4.50. The van der Waals surface area contributed by atoms with E-state index in [0.717, 1.165) is 18.6 Å². The Balaban J connectivity index is 2.54. The van der Waals surface area contributed by atoms with Crippen molar-refractivity contribution < 1.29 is 9.47 Å². The maximum atomic E-state index is 8.80. The first-order valence-corrected chi connectivity index (χ1v) is 6.66. The summed E-state index contributed by atoms with van der Waals surface area (Å²) in [4.78, 5) is 0. The molecule has 0 aliphatic carbocycles. The van der Waals surface area contributed by atoms with Gasteiger partial charge in [-0.05, 0) is 36.6 Å². The van der Waals surface area contributed by atoms with E-state index in [1.54, 1.807) is 25.3 Å². The molecule has 0 amide bonds. The molecule has 98 valence electrons. The molecular weight excluding hydrogens is 246 g/mol. The van der Waals surface area contributed by atoms with E-state index in [2.05, 4.69) is 25.6 Å². The number of hydrogen-bond acceptors (Lipinski definition) is 4. The van der Waals surface area contributed by atoms with Gasteiger partial charge in [0.1, 0.15) is 0 Å². The first-order chi connectivity index (χ1) is 8.71. The number of ether oxygens (including phenoxy) is 2. The Kier molecular flexibility index (Phi) is 6.45. The summed E-state index contributed by atoms with van der Waals surface area (Å²) in [6, 6.07) is 7.27. The molecule has 0 spiro atoms. The lowest BCUT2D eigenvalue weighted by molar-refractivity contribution is 0.267. The molecular formula is C14H19NO2S. The van der Waals surface area contributed by atoms with E-state index < -0.39 is 0 Å². The Morgan fingerprint density at radius 1 is 1.33 bits per heavy atom. The molecule has 0 saturated heterocycles. The van der Waals surface area contributed by atoms with Crippen molar-refractivity contribution in [2.24, 2.45) is 5.92 Å². The van der Waals surface area contributed by atoms with Gasteiger partial charge in [-0.1, -0.05) is 6.92 Å². The second-order valence-electron chi connectivity index (χ2n) is 4.23. The van der Waals surface area contributed by atoms with Crippen LogP contribution < -0.4 is 9.47 Å². The fourth-order valence-corrected chi connectivity index (χ4v) is 2.03. The molecule has 0 aliphatic heterocycles. The minimum atomic E-state index is 0.572. The SMILES string of the molecule is COc1cc(C#N)ccc1OCCC(C)CCS. The van der Waals surface area contributed by atoms with E-state index in [1.165, 1.54) is 0 Å². The summed E-state index contributed by atoms with van der Waals surface area (Å²) < 4.78 is 10.9. The van der Waals surface area contributed by atoms with Gasteiger partial charge in [-0.3, -0.25) is 0 Å². The van der Waals surface area contributed by atoms with Crippen molar-refractivity contribution in [1.29, 1.82) is 5.26 Å². The van der Waals surface area contributed by atoms with Gasteiger partial charge in [0.15, 0.2) is 11.5 Å². The highest BCUT2D eigenvalue weighted by Gasteiger charge is 2.07. The van der Waals surface area contributed by atoms with Crippen LogP contribution in [0.3, 0.4) is 0 Å². The molecule has 4 heteroatoms. The zero-order valence-electron chi connectivity index (χ0n) is 10.8. The molecule has 18 heavy (non-hydrogen) atoms. The largest absolute Gasteiger partial charge is 0.493 e. The lowest BCUT2D eigenvalue weighted by Gasteiger charge is -2.13. The monoisotopic (exact) mass is 265 g/mol. The number of rotatable bonds is 7. The normalized spacial score (nSPS) is 11.7. The smallest absolute Gasteiger partial charge is 0.162 e. The number of nitrogens with zero attached hydrogens (tertiary/aromatic N) is 1. The number of methoxy groups -OCH3 is 1. The van der Waals surface area contributed by atoms with Crippen LogP contribution in [0.25, 0.3) is 0 Å². The van der Waals surface area contributed by atoms with Crippen LogP contribution in [0, 0.1) is 17.2 Å². The highest BCUT2D eigenvalue weighted by atomic mass is 32.1. The van der Waals surface area contributed by atoms with E-state index in [1.807, 2.05) is 0 Å². The second-order valence-corrected chi connectivity index (χ2v) is 4.68. The van der Waals surface area contributed by atoms with Gasteiger partial charge in [-0.25, -0.2) is 0 Å². The molecule has 1 atom stereocenters. The Hall–Kier alpha value is -1.34. The van der Waals surface area contributed by atoms with Crippen LogP contribution in [0.15, 0.2) is 18.2 Å². The van der Waals surface area contributed by atoms with Gasteiger partial charge in [-0.2, -0.15) is 17.9 Å². The highest BCUT2D eigenvalue weighted by molar-refractivity contribution is 7.80. The molecule has 0 fully saturated rings. The Labute approximate surface area is 114 Å². The van der Waals surface area contributed by atoms with Crippen LogP contribution in [0.5, 0.6) is 11.5 Å². The third-order valence-electron chi connectivity index (χ3n) is 2.78. The average molecular weight is 265 g/mol. The van der Waals surface area contributed by atoms with Gasteiger partial charge in [0.25, 0.3) is 0 Å². The van der Waals surface area contributed by atoms with Crippen molar-refractivity contribution >= 4 is 12.6 Å². The summed E-state index contributed by atoms with van der Waals surface area (Å²) in [5, 5.41) is 8.80. The summed E-state index contributed by atoms with van der Waals surface area (Å²) in [6.45, 7) is 2.84. The number of hydrogen-bond donors (Lipinski definition) is 1. The summed E-state index contributed by atoms with van der Waals surface area (Å²) in [5.41, 5.74) is 0.572. The standard InChI is InChI=1S/C14H19NO2S/c1-11(6-8-18)5-7-17-13-4-3-12(10-15)9-14(13)16-2/h3-4,9,11,18H,5-8H2,1-2H3. The van der Waals surface area contributed by atoms with Crippen molar-refractivity contribution in [2.45, 2.75) is 19.8 Å². The molecule has 1 unspecified atom stereocenters. The minimum absolute atomic E-state index is 0.572. The number of thiol groups is 1. The predicted octanol–water partition coefficient (Wildman–Crippen LogP) is 3.29. The summed E-state index contributed by atoms with van der Waals surface area (Å²) in [5.74, 6) is 2.80.